The Morgan fingerprint density at radius 2 is 1.94 bits per heavy atom. The van der Waals surface area contributed by atoms with Crippen molar-refractivity contribution in [3.63, 3.8) is 0 Å². The van der Waals surface area contributed by atoms with Gasteiger partial charge in [0.15, 0.2) is 5.72 Å². The first-order valence-electron chi connectivity index (χ1n) is 12.0. The summed E-state index contributed by atoms with van der Waals surface area (Å²) in [6.07, 6.45) is 0.536. The van der Waals surface area contributed by atoms with E-state index in [0.29, 0.717) is 24.3 Å². The van der Waals surface area contributed by atoms with E-state index in [1.54, 1.807) is 19.2 Å². The fraction of sp³-hybridized carbons (Fsp3) is 0.321. The zero-order valence-electron chi connectivity index (χ0n) is 20.4. The van der Waals surface area contributed by atoms with Crippen molar-refractivity contribution < 1.29 is 19.2 Å². The molecule has 3 atom stereocenters. The number of hydrogen-bond donors (Lipinski definition) is 1. The van der Waals surface area contributed by atoms with Crippen LogP contribution >= 0.6 is 0 Å². The molecule has 0 saturated carbocycles. The highest BCUT2D eigenvalue weighted by atomic mass is 16.6. The monoisotopic (exact) mass is 485 g/mol. The Morgan fingerprint density at radius 3 is 2.67 bits per heavy atom. The Hall–Kier alpha value is -4.07. The average molecular weight is 486 g/mol. The Kier molecular flexibility index (Phi) is 4.80. The molecule has 0 aromatic heterocycles. The van der Waals surface area contributed by atoms with E-state index < -0.39 is 22.1 Å². The van der Waals surface area contributed by atoms with Gasteiger partial charge in [0, 0.05) is 42.3 Å². The van der Waals surface area contributed by atoms with Gasteiger partial charge in [-0.25, -0.2) is 0 Å². The lowest BCUT2D eigenvalue weighted by atomic mass is 9.72. The molecule has 8 heteroatoms. The molecule has 1 amide bonds. The Morgan fingerprint density at radius 1 is 1.17 bits per heavy atom. The fourth-order valence-electron chi connectivity index (χ4n) is 6.28. The smallest absolute Gasteiger partial charge is 0.269 e. The summed E-state index contributed by atoms with van der Waals surface area (Å²) in [5.41, 5.74) is 2.37. The second-order valence-corrected chi connectivity index (χ2v) is 10.2. The number of carbonyl (C=O) groups excluding carboxylic acids is 1. The summed E-state index contributed by atoms with van der Waals surface area (Å²) >= 11 is 0. The van der Waals surface area contributed by atoms with Crippen molar-refractivity contribution in [2.75, 3.05) is 12.0 Å². The van der Waals surface area contributed by atoms with Gasteiger partial charge >= 0.3 is 0 Å². The van der Waals surface area contributed by atoms with E-state index in [-0.39, 0.29) is 17.5 Å². The molecular formula is C28H27N3O5. The Balaban J connectivity index is 1.48. The second-order valence-electron chi connectivity index (χ2n) is 10.2. The van der Waals surface area contributed by atoms with Crippen LogP contribution in [0.4, 0.5) is 11.4 Å². The molecule has 0 aliphatic carbocycles. The fourth-order valence-corrected chi connectivity index (χ4v) is 6.28. The third-order valence-electron chi connectivity index (χ3n) is 8.12. The lowest BCUT2D eigenvalue weighted by Gasteiger charge is -2.45. The molecule has 1 spiro atoms. The van der Waals surface area contributed by atoms with Crippen LogP contribution in [0.1, 0.15) is 42.9 Å². The van der Waals surface area contributed by atoms with Gasteiger partial charge in [0.1, 0.15) is 17.5 Å². The van der Waals surface area contributed by atoms with E-state index in [9.17, 15) is 14.9 Å². The Bertz CT molecular complexity index is 1390. The van der Waals surface area contributed by atoms with Crippen LogP contribution in [-0.4, -0.2) is 29.7 Å². The zero-order valence-corrected chi connectivity index (χ0v) is 20.4. The third-order valence-corrected chi connectivity index (χ3v) is 8.12. The van der Waals surface area contributed by atoms with E-state index in [1.807, 2.05) is 48.5 Å². The molecule has 3 aromatic rings. The summed E-state index contributed by atoms with van der Waals surface area (Å²) in [5, 5.41) is 14.7. The normalized spacial score (nSPS) is 24.2. The number of amides is 1. The quantitative estimate of drug-likeness (QED) is 0.417. The van der Waals surface area contributed by atoms with Crippen LogP contribution in [0.25, 0.3) is 0 Å². The van der Waals surface area contributed by atoms with Gasteiger partial charge in [0.05, 0.1) is 17.4 Å². The largest absolute Gasteiger partial charge is 0.497 e. The van der Waals surface area contributed by atoms with E-state index in [2.05, 4.69) is 24.1 Å². The third kappa shape index (κ3) is 2.96. The van der Waals surface area contributed by atoms with Gasteiger partial charge in [-0.05, 0) is 49.2 Å². The number of rotatable bonds is 5. The van der Waals surface area contributed by atoms with Crippen molar-refractivity contribution in [3.8, 4) is 11.5 Å². The zero-order chi connectivity index (χ0) is 25.2. The molecule has 8 nitrogen and oxygen atoms in total. The van der Waals surface area contributed by atoms with Gasteiger partial charge in [-0.3, -0.25) is 14.9 Å². The maximum absolute atomic E-state index is 13.9. The van der Waals surface area contributed by atoms with Crippen LogP contribution in [0.2, 0.25) is 0 Å². The van der Waals surface area contributed by atoms with Crippen molar-refractivity contribution in [1.29, 1.82) is 0 Å². The SMILES string of the molecule is COc1ccc2c(c1)C(C)(C)[C@@]13C[C@@H](c4cc([N+](=O)[O-])ccc4O1)[C@@H](C(=O)NCc1ccccc1)N23. The summed E-state index contributed by atoms with van der Waals surface area (Å²) in [5.74, 6) is 0.938. The summed E-state index contributed by atoms with van der Waals surface area (Å²) < 4.78 is 12.3. The number of fused-ring (bicyclic) bond motifs is 5. The number of nitro groups is 1. The number of ether oxygens (including phenoxy) is 2. The first-order chi connectivity index (χ1) is 17.3. The maximum Gasteiger partial charge on any atom is 0.269 e. The molecule has 36 heavy (non-hydrogen) atoms. The van der Waals surface area contributed by atoms with Crippen molar-refractivity contribution in [2.24, 2.45) is 0 Å². The molecule has 3 aliphatic rings. The summed E-state index contributed by atoms with van der Waals surface area (Å²) in [7, 11) is 1.64. The number of hydrogen-bond acceptors (Lipinski definition) is 6. The van der Waals surface area contributed by atoms with Crippen molar-refractivity contribution >= 4 is 17.3 Å². The molecule has 3 heterocycles. The number of benzene rings is 3. The van der Waals surface area contributed by atoms with Gasteiger partial charge in [0.25, 0.3) is 5.69 Å². The van der Waals surface area contributed by atoms with Crippen LogP contribution in [0.5, 0.6) is 11.5 Å². The molecule has 184 valence electrons. The molecule has 1 N–H and O–H groups in total. The average Bonchev–Trinajstić information content (AvgIpc) is 3.26. The minimum Gasteiger partial charge on any atom is -0.497 e. The molecule has 3 aromatic carbocycles. The highest BCUT2D eigenvalue weighted by Crippen LogP contribution is 2.65. The minimum atomic E-state index is -0.815. The van der Waals surface area contributed by atoms with Crippen LogP contribution in [0.3, 0.4) is 0 Å². The molecule has 0 radical (unpaired) electrons. The topological polar surface area (TPSA) is 93.9 Å². The second kappa shape index (κ2) is 7.71. The first-order valence-corrected chi connectivity index (χ1v) is 12.0. The molecule has 1 saturated heterocycles. The number of nitro benzene ring substituents is 1. The van der Waals surface area contributed by atoms with E-state index in [0.717, 1.165) is 22.6 Å². The lowest BCUT2D eigenvalue weighted by molar-refractivity contribution is -0.385. The van der Waals surface area contributed by atoms with Gasteiger partial charge in [-0.2, -0.15) is 0 Å². The molecule has 6 rings (SSSR count). The number of non-ortho nitro benzene ring substituents is 1. The minimum absolute atomic E-state index is 0.00630. The number of nitrogens with zero attached hydrogens (tertiary/aromatic N) is 2. The number of anilines is 1. The predicted molar refractivity (Wildman–Crippen MR) is 134 cm³/mol. The Labute approximate surface area is 209 Å². The van der Waals surface area contributed by atoms with Gasteiger partial charge < -0.3 is 19.7 Å². The summed E-state index contributed by atoms with van der Waals surface area (Å²) in [6, 6.07) is 19.8. The van der Waals surface area contributed by atoms with E-state index >= 15 is 0 Å². The maximum atomic E-state index is 13.9. The van der Waals surface area contributed by atoms with Gasteiger partial charge in [-0.15, -0.1) is 0 Å². The van der Waals surface area contributed by atoms with E-state index in [1.165, 1.54) is 6.07 Å². The lowest BCUT2D eigenvalue weighted by Crippen LogP contribution is -2.59. The van der Waals surface area contributed by atoms with Crippen LogP contribution in [-0.2, 0) is 16.8 Å². The molecule has 0 unspecified atom stereocenters. The van der Waals surface area contributed by atoms with E-state index in [4.69, 9.17) is 9.47 Å². The number of nitrogens with one attached hydrogen (secondary N) is 1. The molecule has 3 aliphatic heterocycles. The van der Waals surface area contributed by atoms with Crippen molar-refractivity contribution in [3.05, 3.63) is 93.5 Å². The van der Waals surface area contributed by atoms with Gasteiger partial charge in [0.2, 0.25) is 5.91 Å². The van der Waals surface area contributed by atoms with Crippen LogP contribution in [0, 0.1) is 10.1 Å². The van der Waals surface area contributed by atoms with Crippen molar-refractivity contribution in [1.82, 2.24) is 5.32 Å². The summed E-state index contributed by atoms with van der Waals surface area (Å²) in [6.45, 7) is 4.65. The molecule has 2 bridgehead atoms. The van der Waals surface area contributed by atoms with Crippen molar-refractivity contribution in [2.45, 2.75) is 49.9 Å². The van der Waals surface area contributed by atoms with Crippen LogP contribution in [0.15, 0.2) is 66.7 Å². The first kappa shape index (κ1) is 22.4. The highest BCUT2D eigenvalue weighted by Gasteiger charge is 2.70. The molecular weight excluding hydrogens is 458 g/mol. The summed E-state index contributed by atoms with van der Waals surface area (Å²) in [4.78, 5) is 27.2. The highest BCUT2D eigenvalue weighted by molar-refractivity contribution is 5.91. The molecule has 1 fully saturated rings. The van der Waals surface area contributed by atoms with Crippen LogP contribution < -0.4 is 19.7 Å². The number of methoxy groups -OCH3 is 1. The number of carbonyl (C=O) groups is 1. The predicted octanol–water partition coefficient (Wildman–Crippen LogP) is 4.66. The van der Waals surface area contributed by atoms with Gasteiger partial charge in [-0.1, -0.05) is 30.3 Å². The standard InChI is InChI=1S/C28H27N3O5/c1-27(2)22-14-19(35-3)10-11-23(22)30-25(26(32)29-16-17-7-5-4-6-8-17)21-15-28(27,30)36-24-12-9-18(31(33)34)13-20(21)24/h4-14,21,25H,15-16H2,1-3H3,(H,29,32)/t21-,25-,28+/m0/s1.